The van der Waals surface area contributed by atoms with Crippen molar-refractivity contribution in [2.45, 2.75) is 24.5 Å². The maximum atomic E-state index is 13.1. The highest BCUT2D eigenvalue weighted by Gasteiger charge is 2.43. The molecule has 0 fully saturated rings. The summed E-state index contributed by atoms with van der Waals surface area (Å²) in [4.78, 5) is 14.0. The molecule has 1 aliphatic rings. The number of rotatable bonds is 7. The molecule has 0 saturated carbocycles. The summed E-state index contributed by atoms with van der Waals surface area (Å²) in [6.07, 6.45) is 4.01. The van der Waals surface area contributed by atoms with Gasteiger partial charge < -0.3 is 0 Å². The first kappa shape index (κ1) is 23.1. The lowest BCUT2D eigenvalue weighted by Gasteiger charge is -2.31. The highest BCUT2D eigenvalue weighted by atomic mass is 32.2. The van der Waals surface area contributed by atoms with Crippen molar-refractivity contribution in [3.63, 3.8) is 0 Å². The summed E-state index contributed by atoms with van der Waals surface area (Å²) in [6.45, 7) is 3.15. The van der Waals surface area contributed by atoms with Crippen molar-refractivity contribution in [3.8, 4) is 11.1 Å². The van der Waals surface area contributed by atoms with Crippen LogP contribution in [0.3, 0.4) is 0 Å². The van der Waals surface area contributed by atoms with Gasteiger partial charge in [0.25, 0.3) is 5.91 Å². The van der Waals surface area contributed by atoms with Gasteiger partial charge in [-0.3, -0.25) is 14.9 Å². The zero-order chi connectivity index (χ0) is 22.6. The summed E-state index contributed by atoms with van der Waals surface area (Å²) < 4.78 is 35.6. The van der Waals surface area contributed by atoms with Crippen molar-refractivity contribution in [1.29, 1.82) is 0 Å². The number of hydrogen-bond donors (Lipinski definition) is 2. The first-order chi connectivity index (χ1) is 14.6. The Morgan fingerprint density at radius 1 is 1.10 bits per heavy atom. The van der Waals surface area contributed by atoms with Gasteiger partial charge in [0.05, 0.1) is 0 Å². The Bertz CT molecular complexity index is 1070. The largest absolute Gasteiger partial charge is 0.299 e. The molecule has 1 aliphatic heterocycles. The van der Waals surface area contributed by atoms with Crippen LogP contribution in [-0.4, -0.2) is 55.1 Å². The fourth-order valence-electron chi connectivity index (χ4n) is 3.65. The van der Waals surface area contributed by atoms with E-state index in [0.29, 0.717) is 13.1 Å². The Morgan fingerprint density at radius 3 is 2.13 bits per heavy atom. The number of benzene rings is 2. The van der Waals surface area contributed by atoms with Gasteiger partial charge in [0.1, 0.15) is 5.82 Å². The second kappa shape index (κ2) is 9.30. The molecule has 0 bridgehead atoms. The quantitative estimate of drug-likeness (QED) is 0.504. The van der Waals surface area contributed by atoms with Gasteiger partial charge in [-0.1, -0.05) is 42.5 Å². The molecule has 1 unspecified atom stereocenters. The molecule has 0 spiro atoms. The van der Waals surface area contributed by atoms with E-state index in [1.165, 1.54) is 30.1 Å². The van der Waals surface area contributed by atoms with Crippen molar-refractivity contribution in [1.82, 2.24) is 10.4 Å². The van der Waals surface area contributed by atoms with E-state index >= 15 is 0 Å². The summed E-state index contributed by atoms with van der Waals surface area (Å²) in [6, 6.07) is 14.5. The number of amides is 1. The smallest absolute Gasteiger partial charge is 0.264 e. The van der Waals surface area contributed by atoms with Crippen LogP contribution in [0, 0.1) is 5.82 Å². The molecule has 1 heterocycles. The van der Waals surface area contributed by atoms with Gasteiger partial charge in [-0.2, -0.15) is 0 Å². The Morgan fingerprint density at radius 2 is 1.65 bits per heavy atom. The van der Waals surface area contributed by atoms with E-state index in [1.807, 2.05) is 24.3 Å². The topological polar surface area (TPSA) is 86.7 Å². The molecule has 8 heteroatoms. The van der Waals surface area contributed by atoms with Crippen LogP contribution in [0.25, 0.3) is 16.7 Å². The van der Waals surface area contributed by atoms with Crippen LogP contribution in [0.2, 0.25) is 0 Å². The van der Waals surface area contributed by atoms with Gasteiger partial charge >= 0.3 is 0 Å². The predicted molar refractivity (Wildman–Crippen MR) is 119 cm³/mol. The molecule has 0 radical (unpaired) electrons. The van der Waals surface area contributed by atoms with E-state index in [1.54, 1.807) is 12.1 Å². The summed E-state index contributed by atoms with van der Waals surface area (Å²) in [5.74, 6) is -1.17. The maximum absolute atomic E-state index is 13.1. The fourth-order valence-corrected chi connectivity index (χ4v) is 4.50. The van der Waals surface area contributed by atoms with Crippen LogP contribution in [-0.2, 0) is 14.6 Å². The number of hydroxylamine groups is 1. The third-order valence-electron chi connectivity index (χ3n) is 6.03. The lowest BCUT2D eigenvalue weighted by molar-refractivity contribution is -0.131. The van der Waals surface area contributed by atoms with Gasteiger partial charge in [-0.15, -0.1) is 0 Å². The maximum Gasteiger partial charge on any atom is 0.264 e. The molecular weight excluding hydrogens is 419 g/mol. The number of nitrogens with one attached hydrogen (secondary N) is 1. The van der Waals surface area contributed by atoms with Crippen LogP contribution in [0.15, 0.2) is 54.6 Å². The highest BCUT2D eigenvalue weighted by molar-refractivity contribution is 7.92. The molecule has 1 atom stereocenters. The van der Waals surface area contributed by atoms with Crippen LogP contribution in [0.5, 0.6) is 0 Å². The molecule has 0 aliphatic carbocycles. The van der Waals surface area contributed by atoms with Gasteiger partial charge in [-0.25, -0.2) is 18.3 Å². The van der Waals surface area contributed by atoms with E-state index < -0.39 is 20.5 Å². The average Bonchev–Trinajstić information content (AvgIpc) is 2.77. The SMILES string of the molecule is CC(CCN1CC=C(c2ccc(-c3ccc(F)cc3)cc2)CC1)(C(=O)NO)S(C)(=O)=O. The van der Waals surface area contributed by atoms with Crippen molar-refractivity contribution in [2.75, 3.05) is 25.9 Å². The lowest BCUT2D eigenvalue weighted by Crippen LogP contribution is -2.51. The Labute approximate surface area is 182 Å². The van der Waals surface area contributed by atoms with Crippen LogP contribution >= 0.6 is 0 Å². The number of hydrogen-bond acceptors (Lipinski definition) is 5. The van der Waals surface area contributed by atoms with E-state index in [9.17, 15) is 17.6 Å². The van der Waals surface area contributed by atoms with Crippen molar-refractivity contribution >= 4 is 21.3 Å². The Kier molecular flexibility index (Phi) is 6.93. The second-order valence-corrected chi connectivity index (χ2v) is 10.5. The molecule has 6 nitrogen and oxygen atoms in total. The van der Waals surface area contributed by atoms with Crippen LogP contribution in [0.1, 0.15) is 25.3 Å². The van der Waals surface area contributed by atoms with Crippen molar-refractivity contribution in [3.05, 3.63) is 66.0 Å². The molecule has 1 amide bonds. The zero-order valence-corrected chi connectivity index (χ0v) is 18.5. The van der Waals surface area contributed by atoms with E-state index in [-0.39, 0.29) is 12.2 Å². The number of carbonyl (C=O) groups is 1. The van der Waals surface area contributed by atoms with Gasteiger partial charge in [-0.05, 0) is 54.2 Å². The first-order valence-corrected chi connectivity index (χ1v) is 11.9. The monoisotopic (exact) mass is 446 g/mol. The Hall–Kier alpha value is -2.55. The normalized spacial score (nSPS) is 17.0. The summed E-state index contributed by atoms with van der Waals surface area (Å²) in [5.41, 5.74) is 5.78. The standard InChI is InChI=1S/C23H27FN2O4S/c1-23(22(27)25-28,31(2,29)30)13-16-26-14-11-20(12-15-26)18-5-3-17(4-6-18)19-7-9-21(24)10-8-19/h3-11,28H,12-16H2,1-2H3,(H,25,27). The minimum Gasteiger partial charge on any atom is -0.299 e. The molecular formula is C23H27FN2O4S. The van der Waals surface area contributed by atoms with E-state index in [0.717, 1.165) is 35.9 Å². The number of halogens is 1. The lowest BCUT2D eigenvalue weighted by atomic mass is 9.96. The molecule has 2 aromatic rings. The molecule has 2 N–H and O–H groups in total. The molecule has 0 aromatic heterocycles. The van der Waals surface area contributed by atoms with Gasteiger partial charge in [0, 0.05) is 25.9 Å². The Balaban J connectivity index is 1.63. The predicted octanol–water partition coefficient (Wildman–Crippen LogP) is 3.28. The summed E-state index contributed by atoms with van der Waals surface area (Å²) in [5, 5.41) is 8.93. The van der Waals surface area contributed by atoms with Gasteiger partial charge in [0.2, 0.25) is 0 Å². The molecule has 166 valence electrons. The molecule has 0 saturated heterocycles. The first-order valence-electron chi connectivity index (χ1n) is 10.1. The minimum atomic E-state index is -3.69. The minimum absolute atomic E-state index is 0.0910. The van der Waals surface area contributed by atoms with E-state index in [4.69, 9.17) is 5.21 Å². The fraction of sp³-hybridized carbons (Fsp3) is 0.348. The molecule has 31 heavy (non-hydrogen) atoms. The number of sulfone groups is 1. The summed E-state index contributed by atoms with van der Waals surface area (Å²) in [7, 11) is -3.69. The van der Waals surface area contributed by atoms with Crippen molar-refractivity contribution < 1.29 is 22.8 Å². The zero-order valence-electron chi connectivity index (χ0n) is 17.6. The number of nitrogens with zero attached hydrogens (tertiary/aromatic N) is 1. The molecule has 3 rings (SSSR count). The average molecular weight is 447 g/mol. The van der Waals surface area contributed by atoms with Crippen molar-refractivity contribution in [2.24, 2.45) is 0 Å². The molecule has 2 aromatic carbocycles. The second-order valence-electron chi connectivity index (χ2n) is 8.06. The third kappa shape index (κ3) is 5.20. The third-order valence-corrected chi connectivity index (χ3v) is 8.06. The number of carbonyl (C=O) groups excluding carboxylic acids is 1. The van der Waals surface area contributed by atoms with Crippen LogP contribution in [0.4, 0.5) is 4.39 Å². The van der Waals surface area contributed by atoms with E-state index in [2.05, 4.69) is 11.0 Å². The van der Waals surface area contributed by atoms with Crippen LogP contribution < -0.4 is 5.48 Å². The van der Waals surface area contributed by atoms with Gasteiger partial charge in [0.15, 0.2) is 14.6 Å². The summed E-state index contributed by atoms with van der Waals surface area (Å²) >= 11 is 0. The highest BCUT2D eigenvalue weighted by Crippen LogP contribution is 2.27.